The predicted octanol–water partition coefficient (Wildman–Crippen LogP) is 3.38. The number of anilines is 1. The molecule has 11 heteroatoms. The van der Waals surface area contributed by atoms with Crippen molar-refractivity contribution in [3.05, 3.63) is 58.6 Å². The van der Waals surface area contributed by atoms with E-state index in [-0.39, 0.29) is 23.9 Å². The van der Waals surface area contributed by atoms with Crippen molar-refractivity contribution in [3.63, 3.8) is 0 Å². The molecule has 1 amide bonds. The molecule has 0 spiro atoms. The average Bonchev–Trinajstić information content (AvgIpc) is 2.84. The zero-order valence-electron chi connectivity index (χ0n) is 19.4. The van der Waals surface area contributed by atoms with Gasteiger partial charge in [0, 0.05) is 16.8 Å². The summed E-state index contributed by atoms with van der Waals surface area (Å²) in [5.41, 5.74) is 1.18. The first-order chi connectivity index (χ1) is 16.8. The van der Waals surface area contributed by atoms with Crippen LogP contribution in [0.4, 0.5) is 5.69 Å². The Morgan fingerprint density at radius 2 is 1.83 bits per heavy atom. The lowest BCUT2D eigenvalue weighted by molar-refractivity contribution is -0.166. The molecule has 2 aromatic rings. The minimum Gasteiger partial charge on any atom is -0.466 e. The maximum atomic E-state index is 13.1. The van der Waals surface area contributed by atoms with Gasteiger partial charge in [0.1, 0.15) is 6.04 Å². The number of sulfonamides is 1. The van der Waals surface area contributed by atoms with Crippen LogP contribution < -0.4 is 10.0 Å². The minimum atomic E-state index is -4.00. The number of carbonyl (C=O) groups excluding carboxylic acids is 2. The number of esters is 1. The van der Waals surface area contributed by atoms with Crippen LogP contribution in [0.2, 0.25) is 0 Å². The van der Waals surface area contributed by atoms with Crippen LogP contribution >= 0.6 is 15.9 Å². The van der Waals surface area contributed by atoms with Crippen LogP contribution in [0.25, 0.3) is 0 Å². The lowest BCUT2D eigenvalue weighted by Crippen LogP contribution is -2.47. The normalized spacial score (nSPS) is 16.9. The summed E-state index contributed by atoms with van der Waals surface area (Å²) in [4.78, 5) is 24.7. The molecular weight excluding hydrogens is 540 g/mol. The molecule has 190 valence electrons. The fourth-order valence-corrected chi connectivity index (χ4v) is 4.84. The Kier molecular flexibility index (Phi) is 10.2. The third-order valence-corrected chi connectivity index (χ3v) is 7.22. The maximum absolute atomic E-state index is 13.1. The molecule has 2 N–H and O–H groups in total. The van der Waals surface area contributed by atoms with Crippen molar-refractivity contribution >= 4 is 43.5 Å². The molecule has 0 aliphatic carbocycles. The molecule has 0 bridgehead atoms. The van der Waals surface area contributed by atoms with Crippen molar-refractivity contribution in [1.82, 2.24) is 4.72 Å². The van der Waals surface area contributed by atoms with E-state index in [1.54, 1.807) is 43.3 Å². The molecule has 1 saturated heterocycles. The summed E-state index contributed by atoms with van der Waals surface area (Å²) in [5, 5.41) is 2.71. The Hall–Kier alpha value is -2.31. The molecule has 3 rings (SSSR count). The molecule has 1 aliphatic rings. The van der Waals surface area contributed by atoms with Crippen LogP contribution in [0.1, 0.15) is 31.7 Å². The van der Waals surface area contributed by atoms with Crippen LogP contribution in [0.3, 0.4) is 0 Å². The Bertz CT molecular complexity index is 1090. The molecule has 0 aromatic heterocycles. The Labute approximate surface area is 213 Å². The number of carbonyl (C=O) groups is 2. The average molecular weight is 569 g/mol. The van der Waals surface area contributed by atoms with Gasteiger partial charge in [0.25, 0.3) is 0 Å². The van der Waals surface area contributed by atoms with Crippen LogP contribution in [-0.2, 0) is 40.2 Å². The van der Waals surface area contributed by atoms with Gasteiger partial charge in [0.05, 0.1) is 24.5 Å². The molecule has 2 aromatic carbocycles. The Morgan fingerprint density at radius 3 is 2.46 bits per heavy atom. The third kappa shape index (κ3) is 8.69. The van der Waals surface area contributed by atoms with Gasteiger partial charge in [0.2, 0.25) is 15.9 Å². The van der Waals surface area contributed by atoms with Gasteiger partial charge in [-0.25, -0.2) is 8.42 Å². The fourth-order valence-electron chi connectivity index (χ4n) is 3.39. The first-order valence-electron chi connectivity index (χ1n) is 11.3. The number of rotatable bonds is 11. The molecule has 0 radical (unpaired) electrons. The standard InChI is InChI=1S/C24H29BrN2O7S/c1-2-32-22(28)15-17-6-10-19(11-7-17)26-24(29)21(16-34-23-5-3-4-14-33-23)27-35(30,31)20-12-8-18(25)9-13-20/h6-13,21,23,27H,2-5,14-16H2,1H3,(H,26,29). The summed E-state index contributed by atoms with van der Waals surface area (Å²) in [6, 6.07) is 11.6. The van der Waals surface area contributed by atoms with E-state index < -0.39 is 28.3 Å². The van der Waals surface area contributed by atoms with Gasteiger partial charge in [-0.2, -0.15) is 4.72 Å². The Morgan fingerprint density at radius 1 is 1.11 bits per heavy atom. The van der Waals surface area contributed by atoms with Crippen molar-refractivity contribution in [2.24, 2.45) is 0 Å². The fraction of sp³-hybridized carbons (Fsp3) is 0.417. The summed E-state index contributed by atoms with van der Waals surface area (Å²) >= 11 is 3.28. The monoisotopic (exact) mass is 568 g/mol. The van der Waals surface area contributed by atoms with Crippen molar-refractivity contribution in [2.75, 3.05) is 25.1 Å². The second kappa shape index (κ2) is 13.1. The smallest absolute Gasteiger partial charge is 0.310 e. The largest absolute Gasteiger partial charge is 0.466 e. The quantitative estimate of drug-likeness (QED) is 0.398. The van der Waals surface area contributed by atoms with E-state index >= 15 is 0 Å². The molecule has 9 nitrogen and oxygen atoms in total. The topological polar surface area (TPSA) is 120 Å². The van der Waals surface area contributed by atoms with Gasteiger partial charge in [-0.3, -0.25) is 9.59 Å². The number of hydrogen-bond acceptors (Lipinski definition) is 7. The number of nitrogens with one attached hydrogen (secondary N) is 2. The predicted molar refractivity (Wildman–Crippen MR) is 133 cm³/mol. The number of hydrogen-bond donors (Lipinski definition) is 2. The summed E-state index contributed by atoms with van der Waals surface area (Å²) in [6.07, 6.45) is 2.18. The maximum Gasteiger partial charge on any atom is 0.310 e. The second-order valence-corrected chi connectivity index (χ2v) is 10.6. The van der Waals surface area contributed by atoms with Crippen LogP contribution in [0.5, 0.6) is 0 Å². The zero-order valence-corrected chi connectivity index (χ0v) is 21.8. The van der Waals surface area contributed by atoms with Crippen LogP contribution in [-0.4, -0.2) is 52.4 Å². The Balaban J connectivity index is 1.70. The summed E-state index contributed by atoms with van der Waals surface area (Å²) in [7, 11) is -4.00. The number of ether oxygens (including phenoxy) is 3. The number of halogens is 1. The van der Waals surface area contributed by atoms with Crippen LogP contribution in [0, 0.1) is 0 Å². The first-order valence-corrected chi connectivity index (χ1v) is 13.6. The molecule has 35 heavy (non-hydrogen) atoms. The van der Waals surface area contributed by atoms with Crippen molar-refractivity contribution < 1.29 is 32.2 Å². The second-order valence-electron chi connectivity index (χ2n) is 7.93. The van der Waals surface area contributed by atoms with E-state index in [2.05, 4.69) is 26.0 Å². The van der Waals surface area contributed by atoms with E-state index in [1.165, 1.54) is 12.1 Å². The van der Waals surface area contributed by atoms with Crippen molar-refractivity contribution in [2.45, 2.75) is 49.8 Å². The number of amides is 1. The first kappa shape index (κ1) is 27.3. The van der Waals surface area contributed by atoms with Gasteiger partial charge >= 0.3 is 5.97 Å². The molecule has 2 atom stereocenters. The molecular formula is C24H29BrN2O7S. The lowest BCUT2D eigenvalue weighted by atomic mass is 10.1. The van der Waals surface area contributed by atoms with Crippen molar-refractivity contribution in [3.8, 4) is 0 Å². The molecule has 0 saturated carbocycles. The highest BCUT2D eigenvalue weighted by Gasteiger charge is 2.28. The van der Waals surface area contributed by atoms with Gasteiger partial charge in [-0.05, 0) is 68.1 Å². The zero-order chi connectivity index (χ0) is 25.3. The van der Waals surface area contributed by atoms with Gasteiger partial charge < -0.3 is 19.5 Å². The van der Waals surface area contributed by atoms with E-state index in [0.717, 1.165) is 22.9 Å². The summed E-state index contributed by atoms with van der Waals surface area (Å²) in [5.74, 6) is -0.923. The van der Waals surface area contributed by atoms with E-state index in [9.17, 15) is 18.0 Å². The van der Waals surface area contributed by atoms with Gasteiger partial charge in [-0.15, -0.1) is 0 Å². The van der Waals surface area contributed by atoms with Gasteiger partial charge in [-0.1, -0.05) is 28.1 Å². The number of benzene rings is 2. The molecule has 1 heterocycles. The van der Waals surface area contributed by atoms with E-state index in [1.807, 2.05) is 0 Å². The lowest BCUT2D eigenvalue weighted by Gasteiger charge is -2.25. The highest BCUT2D eigenvalue weighted by Crippen LogP contribution is 2.18. The highest BCUT2D eigenvalue weighted by atomic mass is 79.9. The van der Waals surface area contributed by atoms with Crippen molar-refractivity contribution in [1.29, 1.82) is 0 Å². The van der Waals surface area contributed by atoms with Crippen LogP contribution in [0.15, 0.2) is 57.9 Å². The third-order valence-electron chi connectivity index (χ3n) is 5.20. The van der Waals surface area contributed by atoms with E-state index in [0.29, 0.717) is 25.3 Å². The molecule has 1 fully saturated rings. The minimum absolute atomic E-state index is 0.0238. The molecule has 1 aliphatic heterocycles. The highest BCUT2D eigenvalue weighted by molar-refractivity contribution is 9.10. The van der Waals surface area contributed by atoms with Gasteiger partial charge in [0.15, 0.2) is 6.29 Å². The SMILES string of the molecule is CCOC(=O)Cc1ccc(NC(=O)C(COC2CCCCO2)NS(=O)(=O)c2ccc(Br)cc2)cc1. The summed E-state index contributed by atoms with van der Waals surface area (Å²) in [6.45, 7) is 2.40. The van der Waals surface area contributed by atoms with E-state index in [4.69, 9.17) is 14.2 Å². The summed E-state index contributed by atoms with van der Waals surface area (Å²) < 4.78 is 45.2. The molecule has 2 unspecified atom stereocenters.